The van der Waals surface area contributed by atoms with Gasteiger partial charge in [-0.15, -0.1) is 0 Å². The zero-order chi connectivity index (χ0) is 19.4. The van der Waals surface area contributed by atoms with Crippen molar-refractivity contribution >= 4 is 29.3 Å². The minimum absolute atomic E-state index is 0.124. The normalized spacial score (nSPS) is 15.3. The van der Waals surface area contributed by atoms with Crippen molar-refractivity contribution in [1.82, 2.24) is 9.55 Å². The molecule has 0 fully saturated rings. The number of carbonyl (C=O) groups excluding carboxylic acids is 2. The summed E-state index contributed by atoms with van der Waals surface area (Å²) in [6, 6.07) is 7.96. The lowest BCUT2D eigenvalue weighted by Gasteiger charge is -2.14. The van der Waals surface area contributed by atoms with Crippen LogP contribution in [0.2, 0.25) is 0 Å². The molecule has 1 unspecified atom stereocenters. The van der Waals surface area contributed by atoms with Crippen LogP contribution in [0.25, 0.3) is 0 Å². The maximum absolute atomic E-state index is 12.5. The molecule has 0 aliphatic carbocycles. The number of esters is 1. The summed E-state index contributed by atoms with van der Waals surface area (Å²) in [7, 11) is 1.29. The largest absolute Gasteiger partial charge is 0.465 e. The second-order valence-electron chi connectivity index (χ2n) is 6.24. The van der Waals surface area contributed by atoms with E-state index in [9.17, 15) is 14.4 Å². The molecule has 1 N–H and O–H groups in total. The standard InChI is InChI=1S/C19H21N3O4S/c1-3-6-12-9-17(24)22-13(11-27-19(22)20-12)10-16(23)21-15-8-5-4-7-14(15)18(25)26-2/h4-5,7-9,13H,3,6,10-11H2,1-2H3,(H,21,23). The molecular weight excluding hydrogens is 366 g/mol. The number of para-hydroxylation sites is 1. The SMILES string of the molecule is CCCc1cc(=O)n2c(n1)SCC2CC(=O)Nc1ccccc1C(=O)OC. The van der Waals surface area contributed by atoms with Crippen molar-refractivity contribution in [2.75, 3.05) is 18.2 Å². The molecule has 0 spiro atoms. The van der Waals surface area contributed by atoms with E-state index in [1.54, 1.807) is 34.9 Å². The van der Waals surface area contributed by atoms with Crippen molar-refractivity contribution in [3.63, 3.8) is 0 Å². The molecule has 7 nitrogen and oxygen atoms in total. The Morgan fingerprint density at radius 1 is 1.37 bits per heavy atom. The number of benzene rings is 1. The van der Waals surface area contributed by atoms with Crippen LogP contribution in [-0.4, -0.2) is 34.3 Å². The number of aryl methyl sites for hydroxylation is 1. The van der Waals surface area contributed by atoms with E-state index >= 15 is 0 Å². The highest BCUT2D eigenvalue weighted by molar-refractivity contribution is 7.99. The molecule has 0 saturated heterocycles. The summed E-state index contributed by atoms with van der Waals surface area (Å²) in [5.41, 5.74) is 1.35. The number of nitrogens with zero attached hydrogens (tertiary/aromatic N) is 2. The summed E-state index contributed by atoms with van der Waals surface area (Å²) in [4.78, 5) is 41.3. The molecule has 8 heteroatoms. The van der Waals surface area contributed by atoms with Gasteiger partial charge in [-0.05, 0) is 18.6 Å². The number of hydrogen-bond acceptors (Lipinski definition) is 6. The average molecular weight is 387 g/mol. The van der Waals surface area contributed by atoms with Crippen molar-refractivity contribution in [1.29, 1.82) is 0 Å². The molecule has 1 aromatic heterocycles. The lowest BCUT2D eigenvalue weighted by atomic mass is 10.1. The highest BCUT2D eigenvalue weighted by atomic mass is 32.2. The van der Waals surface area contributed by atoms with Gasteiger partial charge in [0.25, 0.3) is 5.56 Å². The van der Waals surface area contributed by atoms with Gasteiger partial charge in [0.15, 0.2) is 5.16 Å². The second kappa shape index (κ2) is 8.39. The molecule has 0 radical (unpaired) electrons. The van der Waals surface area contributed by atoms with E-state index in [4.69, 9.17) is 4.74 Å². The highest BCUT2D eigenvalue weighted by Gasteiger charge is 2.28. The van der Waals surface area contributed by atoms with Gasteiger partial charge in [-0.3, -0.25) is 14.2 Å². The molecular formula is C19H21N3O4S. The van der Waals surface area contributed by atoms with Crippen LogP contribution in [0.3, 0.4) is 0 Å². The first-order valence-corrected chi connectivity index (χ1v) is 9.74. The summed E-state index contributed by atoms with van der Waals surface area (Å²) >= 11 is 1.49. The predicted octanol–water partition coefficient (Wildman–Crippen LogP) is 2.66. The lowest BCUT2D eigenvalue weighted by molar-refractivity contribution is -0.116. The van der Waals surface area contributed by atoms with Crippen LogP contribution in [0.1, 0.15) is 41.9 Å². The van der Waals surface area contributed by atoms with Gasteiger partial charge in [-0.2, -0.15) is 0 Å². The smallest absolute Gasteiger partial charge is 0.339 e. The number of ether oxygens (including phenoxy) is 1. The summed E-state index contributed by atoms with van der Waals surface area (Å²) in [5, 5.41) is 3.42. The van der Waals surface area contributed by atoms with Gasteiger partial charge in [0.1, 0.15) is 0 Å². The number of amides is 1. The first-order chi connectivity index (χ1) is 13.0. The Hall–Kier alpha value is -2.61. The Morgan fingerprint density at radius 3 is 2.89 bits per heavy atom. The Labute approximate surface area is 161 Å². The van der Waals surface area contributed by atoms with E-state index in [0.717, 1.165) is 18.5 Å². The number of carbonyl (C=O) groups is 2. The van der Waals surface area contributed by atoms with Crippen molar-refractivity contribution < 1.29 is 14.3 Å². The molecule has 1 aliphatic heterocycles. The van der Waals surface area contributed by atoms with Gasteiger partial charge in [0.05, 0.1) is 24.4 Å². The third-order valence-corrected chi connectivity index (χ3v) is 5.37. The molecule has 0 bridgehead atoms. The van der Waals surface area contributed by atoms with E-state index in [1.165, 1.54) is 18.9 Å². The Kier molecular flexibility index (Phi) is 5.95. The van der Waals surface area contributed by atoms with E-state index in [-0.39, 0.29) is 29.5 Å². The van der Waals surface area contributed by atoms with Crippen LogP contribution in [0.4, 0.5) is 5.69 Å². The van der Waals surface area contributed by atoms with Gasteiger partial charge in [-0.25, -0.2) is 9.78 Å². The average Bonchev–Trinajstić information content (AvgIpc) is 3.05. The van der Waals surface area contributed by atoms with Crippen LogP contribution >= 0.6 is 11.8 Å². The van der Waals surface area contributed by atoms with Gasteiger partial charge in [-0.1, -0.05) is 37.2 Å². The van der Waals surface area contributed by atoms with Crippen LogP contribution in [-0.2, 0) is 16.0 Å². The van der Waals surface area contributed by atoms with Crippen LogP contribution in [0.15, 0.2) is 40.3 Å². The topological polar surface area (TPSA) is 90.3 Å². The van der Waals surface area contributed by atoms with Crippen molar-refractivity contribution in [2.45, 2.75) is 37.4 Å². The monoisotopic (exact) mass is 387 g/mol. The third kappa shape index (κ3) is 4.21. The van der Waals surface area contributed by atoms with E-state index in [2.05, 4.69) is 10.3 Å². The minimum atomic E-state index is -0.517. The Balaban J connectivity index is 1.75. The molecule has 1 amide bonds. The molecule has 1 atom stereocenters. The maximum atomic E-state index is 12.5. The zero-order valence-corrected chi connectivity index (χ0v) is 16.0. The number of methoxy groups -OCH3 is 1. The summed E-state index contributed by atoms with van der Waals surface area (Å²) in [6.45, 7) is 2.04. The highest BCUT2D eigenvalue weighted by Crippen LogP contribution is 2.32. The molecule has 2 heterocycles. The first kappa shape index (κ1) is 19.2. The predicted molar refractivity (Wildman–Crippen MR) is 103 cm³/mol. The minimum Gasteiger partial charge on any atom is -0.465 e. The van der Waals surface area contributed by atoms with E-state index in [1.807, 2.05) is 6.92 Å². The summed E-state index contributed by atoms with van der Waals surface area (Å²) in [5.74, 6) is -0.171. The van der Waals surface area contributed by atoms with Gasteiger partial charge < -0.3 is 10.1 Å². The number of nitrogens with one attached hydrogen (secondary N) is 1. The third-order valence-electron chi connectivity index (χ3n) is 4.28. The number of fused-ring (bicyclic) bond motifs is 1. The molecule has 27 heavy (non-hydrogen) atoms. The van der Waals surface area contributed by atoms with Gasteiger partial charge >= 0.3 is 5.97 Å². The van der Waals surface area contributed by atoms with Crippen molar-refractivity contribution in [3.8, 4) is 0 Å². The van der Waals surface area contributed by atoms with Crippen LogP contribution < -0.4 is 10.9 Å². The van der Waals surface area contributed by atoms with E-state index in [0.29, 0.717) is 16.6 Å². The molecule has 2 aromatic rings. The number of hydrogen-bond donors (Lipinski definition) is 1. The fourth-order valence-corrected chi connectivity index (χ4v) is 4.20. The lowest BCUT2D eigenvalue weighted by Crippen LogP contribution is -2.28. The molecule has 1 aromatic carbocycles. The zero-order valence-electron chi connectivity index (χ0n) is 15.2. The second-order valence-corrected chi connectivity index (χ2v) is 7.23. The number of anilines is 1. The van der Waals surface area contributed by atoms with Crippen LogP contribution in [0.5, 0.6) is 0 Å². The van der Waals surface area contributed by atoms with Gasteiger partial charge in [0, 0.05) is 23.9 Å². The number of rotatable bonds is 6. The summed E-state index contributed by atoms with van der Waals surface area (Å²) < 4.78 is 6.33. The Bertz CT molecular complexity index is 925. The summed E-state index contributed by atoms with van der Waals surface area (Å²) in [6.07, 6.45) is 1.81. The first-order valence-electron chi connectivity index (χ1n) is 8.76. The van der Waals surface area contributed by atoms with Crippen molar-refractivity contribution in [3.05, 3.63) is 51.9 Å². The van der Waals surface area contributed by atoms with Crippen molar-refractivity contribution in [2.24, 2.45) is 0 Å². The van der Waals surface area contributed by atoms with E-state index < -0.39 is 5.97 Å². The molecule has 1 aliphatic rings. The fraction of sp³-hybridized carbons (Fsp3) is 0.368. The fourth-order valence-electron chi connectivity index (χ4n) is 3.03. The number of thioether (sulfide) groups is 1. The van der Waals surface area contributed by atoms with Crippen LogP contribution in [0, 0.1) is 0 Å². The maximum Gasteiger partial charge on any atom is 0.339 e. The number of aromatic nitrogens is 2. The molecule has 0 saturated carbocycles. The molecule has 3 rings (SSSR count). The Morgan fingerprint density at radius 2 is 2.15 bits per heavy atom. The van der Waals surface area contributed by atoms with Gasteiger partial charge in [0.2, 0.25) is 5.91 Å². The quantitative estimate of drug-likeness (QED) is 0.605. The molecule has 142 valence electrons.